The van der Waals surface area contributed by atoms with Gasteiger partial charge in [0.2, 0.25) is 0 Å². The highest BCUT2D eigenvalue weighted by atomic mass is 19.1. The van der Waals surface area contributed by atoms with Gasteiger partial charge in [0.15, 0.2) is 0 Å². The number of esters is 1. The van der Waals surface area contributed by atoms with Crippen LogP contribution >= 0.6 is 0 Å². The van der Waals surface area contributed by atoms with Gasteiger partial charge in [0.1, 0.15) is 11.9 Å². The Hall–Kier alpha value is -1.97. The lowest BCUT2D eigenvalue weighted by Gasteiger charge is -2.22. The predicted octanol–water partition coefficient (Wildman–Crippen LogP) is 0.806. The minimum atomic E-state index is -0.624. The number of benzene rings is 1. The fourth-order valence-electron chi connectivity index (χ4n) is 2.40. The standard InChI is InChI=1S/C14H15FN2O3/c1-20-14(19)13-5-11(18)8-17(13)7-10-3-2-9(6-16)4-12(10)15/h2-4,11,13,18H,5,7-8H2,1H3. The lowest BCUT2D eigenvalue weighted by molar-refractivity contribution is -0.146. The van der Waals surface area contributed by atoms with Crippen molar-refractivity contribution in [1.29, 1.82) is 5.26 Å². The lowest BCUT2D eigenvalue weighted by atomic mass is 10.1. The summed E-state index contributed by atoms with van der Waals surface area (Å²) in [6, 6.07) is 5.51. The van der Waals surface area contributed by atoms with Gasteiger partial charge in [-0.3, -0.25) is 9.69 Å². The maximum Gasteiger partial charge on any atom is 0.323 e. The first-order valence-corrected chi connectivity index (χ1v) is 6.23. The first-order valence-electron chi connectivity index (χ1n) is 6.23. The van der Waals surface area contributed by atoms with Gasteiger partial charge in [-0.15, -0.1) is 0 Å². The molecule has 1 heterocycles. The monoisotopic (exact) mass is 278 g/mol. The summed E-state index contributed by atoms with van der Waals surface area (Å²) in [6.07, 6.45) is -0.342. The Labute approximate surface area is 116 Å². The SMILES string of the molecule is COC(=O)C1CC(O)CN1Cc1ccc(C#N)cc1F. The summed E-state index contributed by atoms with van der Waals surface area (Å²) in [5, 5.41) is 18.4. The van der Waals surface area contributed by atoms with Crippen molar-refractivity contribution in [3.8, 4) is 6.07 Å². The highest BCUT2D eigenvalue weighted by Crippen LogP contribution is 2.23. The molecule has 0 amide bonds. The molecular weight excluding hydrogens is 263 g/mol. The fourth-order valence-corrected chi connectivity index (χ4v) is 2.40. The number of hydrogen-bond acceptors (Lipinski definition) is 5. The van der Waals surface area contributed by atoms with E-state index in [9.17, 15) is 14.3 Å². The molecule has 1 aromatic carbocycles. The van der Waals surface area contributed by atoms with Crippen LogP contribution in [0, 0.1) is 17.1 Å². The van der Waals surface area contributed by atoms with E-state index in [2.05, 4.69) is 4.74 Å². The number of β-amino-alcohol motifs (C(OH)–C–C–N with tert-alkyl or cyclic N) is 1. The first kappa shape index (κ1) is 14.4. The molecule has 1 aliphatic heterocycles. The summed E-state index contributed by atoms with van der Waals surface area (Å²) in [7, 11) is 1.29. The fraction of sp³-hybridized carbons (Fsp3) is 0.429. The quantitative estimate of drug-likeness (QED) is 0.828. The Bertz CT molecular complexity index is 556. The Morgan fingerprint density at radius 3 is 3.00 bits per heavy atom. The van der Waals surface area contributed by atoms with Gasteiger partial charge in [0.25, 0.3) is 0 Å². The molecule has 2 unspecified atom stereocenters. The van der Waals surface area contributed by atoms with Gasteiger partial charge in [-0.05, 0) is 12.1 Å². The second kappa shape index (κ2) is 5.99. The average Bonchev–Trinajstić information content (AvgIpc) is 2.81. The van der Waals surface area contributed by atoms with Crippen molar-refractivity contribution < 1.29 is 19.0 Å². The van der Waals surface area contributed by atoms with Crippen LogP contribution in [0.2, 0.25) is 0 Å². The molecule has 0 saturated carbocycles. The van der Waals surface area contributed by atoms with E-state index >= 15 is 0 Å². The lowest BCUT2D eigenvalue weighted by Crippen LogP contribution is -2.36. The third-order valence-corrected chi connectivity index (χ3v) is 3.41. The van der Waals surface area contributed by atoms with E-state index in [1.807, 2.05) is 6.07 Å². The number of likely N-dealkylation sites (tertiary alicyclic amines) is 1. The number of aliphatic hydroxyl groups is 1. The summed E-state index contributed by atoms with van der Waals surface area (Å²) >= 11 is 0. The second-order valence-corrected chi connectivity index (χ2v) is 4.78. The molecule has 20 heavy (non-hydrogen) atoms. The Balaban J connectivity index is 2.16. The highest BCUT2D eigenvalue weighted by Gasteiger charge is 2.36. The zero-order chi connectivity index (χ0) is 14.7. The normalized spacial score (nSPS) is 22.5. The Morgan fingerprint density at radius 2 is 2.40 bits per heavy atom. The number of ether oxygens (including phenoxy) is 1. The maximum atomic E-state index is 13.8. The number of methoxy groups -OCH3 is 1. The van der Waals surface area contributed by atoms with Gasteiger partial charge < -0.3 is 9.84 Å². The average molecular weight is 278 g/mol. The molecule has 0 aliphatic carbocycles. The largest absolute Gasteiger partial charge is 0.468 e. The van der Waals surface area contributed by atoms with Crippen molar-refractivity contribution in [3.05, 3.63) is 35.1 Å². The molecule has 106 valence electrons. The van der Waals surface area contributed by atoms with Gasteiger partial charge in [0.05, 0.1) is 24.8 Å². The van der Waals surface area contributed by atoms with Crippen molar-refractivity contribution in [2.45, 2.75) is 25.1 Å². The van der Waals surface area contributed by atoms with Gasteiger partial charge in [0, 0.05) is 25.1 Å². The molecule has 0 radical (unpaired) electrons. The van der Waals surface area contributed by atoms with E-state index in [4.69, 9.17) is 5.26 Å². The summed E-state index contributed by atoms with van der Waals surface area (Å²) in [5.41, 5.74) is 0.629. The second-order valence-electron chi connectivity index (χ2n) is 4.78. The number of hydrogen-bond donors (Lipinski definition) is 1. The van der Waals surface area contributed by atoms with E-state index in [1.165, 1.54) is 19.2 Å². The number of aliphatic hydroxyl groups excluding tert-OH is 1. The number of nitrogens with zero attached hydrogens (tertiary/aromatic N) is 2. The van der Waals surface area contributed by atoms with Crippen LogP contribution in [0.5, 0.6) is 0 Å². The molecule has 1 saturated heterocycles. The topological polar surface area (TPSA) is 73.6 Å². The zero-order valence-electron chi connectivity index (χ0n) is 11.0. The van der Waals surface area contributed by atoms with Crippen molar-refractivity contribution >= 4 is 5.97 Å². The van der Waals surface area contributed by atoms with Crippen molar-refractivity contribution in [2.24, 2.45) is 0 Å². The van der Waals surface area contributed by atoms with Crippen molar-refractivity contribution in [2.75, 3.05) is 13.7 Å². The summed E-state index contributed by atoms with van der Waals surface area (Å²) < 4.78 is 18.5. The number of halogens is 1. The van der Waals surface area contributed by atoms with Crippen LogP contribution in [-0.4, -0.2) is 41.8 Å². The molecule has 1 fully saturated rings. The molecule has 0 spiro atoms. The van der Waals surface area contributed by atoms with Crippen LogP contribution in [0.4, 0.5) is 4.39 Å². The summed E-state index contributed by atoms with van der Waals surface area (Å²) in [5.74, 6) is -0.926. The van der Waals surface area contributed by atoms with E-state index in [-0.39, 0.29) is 18.5 Å². The molecular formula is C14H15FN2O3. The molecule has 1 N–H and O–H groups in total. The van der Waals surface area contributed by atoms with Crippen LogP contribution in [0.1, 0.15) is 17.5 Å². The number of rotatable bonds is 3. The molecule has 1 aliphatic rings. The number of carbonyl (C=O) groups is 1. The van der Waals surface area contributed by atoms with Crippen LogP contribution in [0.15, 0.2) is 18.2 Å². The van der Waals surface area contributed by atoms with Crippen LogP contribution in [-0.2, 0) is 16.1 Å². The predicted molar refractivity (Wildman–Crippen MR) is 68.0 cm³/mol. The molecule has 6 heteroatoms. The summed E-state index contributed by atoms with van der Waals surface area (Å²) in [6.45, 7) is 0.480. The summed E-state index contributed by atoms with van der Waals surface area (Å²) in [4.78, 5) is 13.3. The molecule has 2 atom stereocenters. The van der Waals surface area contributed by atoms with Crippen molar-refractivity contribution in [3.63, 3.8) is 0 Å². The van der Waals surface area contributed by atoms with Crippen LogP contribution in [0.3, 0.4) is 0 Å². The maximum absolute atomic E-state index is 13.8. The number of carbonyl (C=O) groups excluding carboxylic acids is 1. The molecule has 2 rings (SSSR count). The van der Waals surface area contributed by atoms with Crippen molar-refractivity contribution in [1.82, 2.24) is 4.90 Å². The van der Waals surface area contributed by atoms with Crippen LogP contribution in [0.25, 0.3) is 0 Å². The van der Waals surface area contributed by atoms with Crippen LogP contribution < -0.4 is 0 Å². The Kier molecular flexibility index (Phi) is 4.32. The van der Waals surface area contributed by atoms with E-state index < -0.39 is 23.9 Å². The zero-order valence-corrected chi connectivity index (χ0v) is 11.0. The number of nitriles is 1. The highest BCUT2D eigenvalue weighted by molar-refractivity contribution is 5.76. The van der Waals surface area contributed by atoms with E-state index in [0.717, 1.165) is 6.07 Å². The van der Waals surface area contributed by atoms with Gasteiger partial charge in [-0.25, -0.2) is 4.39 Å². The van der Waals surface area contributed by atoms with Gasteiger partial charge in [-0.2, -0.15) is 5.26 Å². The third kappa shape index (κ3) is 2.95. The smallest absolute Gasteiger partial charge is 0.323 e. The molecule has 0 aromatic heterocycles. The minimum absolute atomic E-state index is 0.189. The van der Waals surface area contributed by atoms with Gasteiger partial charge >= 0.3 is 5.97 Å². The van der Waals surface area contributed by atoms with E-state index in [0.29, 0.717) is 12.1 Å². The molecule has 5 nitrogen and oxygen atoms in total. The van der Waals surface area contributed by atoms with Gasteiger partial charge in [-0.1, -0.05) is 6.07 Å². The first-order chi connectivity index (χ1) is 9.55. The molecule has 1 aromatic rings. The molecule has 0 bridgehead atoms. The minimum Gasteiger partial charge on any atom is -0.468 e. The van der Waals surface area contributed by atoms with E-state index in [1.54, 1.807) is 4.90 Å². The Morgan fingerprint density at radius 1 is 1.65 bits per heavy atom. The third-order valence-electron chi connectivity index (χ3n) is 3.41.